The summed E-state index contributed by atoms with van der Waals surface area (Å²) in [5.41, 5.74) is -0.582. The molecule has 1 saturated heterocycles. The summed E-state index contributed by atoms with van der Waals surface area (Å²) in [4.78, 5) is 25.8. The van der Waals surface area contributed by atoms with Gasteiger partial charge >= 0.3 is 6.09 Å². The molecule has 0 radical (unpaired) electrons. The number of hydrogen-bond acceptors (Lipinski definition) is 4. The van der Waals surface area contributed by atoms with Crippen LogP contribution in [0.5, 0.6) is 0 Å². The van der Waals surface area contributed by atoms with Crippen LogP contribution in [0, 0.1) is 5.92 Å². The van der Waals surface area contributed by atoms with Crippen LogP contribution in [0.3, 0.4) is 0 Å². The predicted molar refractivity (Wildman–Crippen MR) is 93.5 cm³/mol. The average molecular weight is 357 g/mol. The number of rotatable bonds is 4. The third-order valence-electron chi connectivity index (χ3n) is 3.25. The monoisotopic (exact) mass is 356 g/mol. The summed E-state index contributed by atoms with van der Waals surface area (Å²) in [6.07, 6.45) is 5.06. The molecule has 1 heterocycles. The highest BCUT2D eigenvalue weighted by Crippen LogP contribution is 2.20. The summed E-state index contributed by atoms with van der Waals surface area (Å²) in [5.74, 6) is -1.12. The maximum absolute atomic E-state index is 12.2. The summed E-state index contributed by atoms with van der Waals surface area (Å²) in [6, 6.07) is 0. The Balaban J connectivity index is 2.64. The van der Waals surface area contributed by atoms with Crippen molar-refractivity contribution in [2.45, 2.75) is 39.2 Å². The number of likely N-dealkylation sites (tertiary alicyclic amines) is 1. The van der Waals surface area contributed by atoms with Gasteiger partial charge in [-0.1, -0.05) is 24.3 Å². The van der Waals surface area contributed by atoms with E-state index < -0.39 is 17.6 Å². The first-order valence-corrected chi connectivity index (χ1v) is 8.18. The molecule has 1 aliphatic heterocycles. The topological polar surface area (TPSA) is 78.9 Å². The van der Waals surface area contributed by atoms with Gasteiger partial charge in [0.2, 0.25) is 5.91 Å². The highest BCUT2D eigenvalue weighted by molar-refractivity contribution is 6.31. The fourth-order valence-electron chi connectivity index (χ4n) is 2.24. The van der Waals surface area contributed by atoms with Crippen LogP contribution in [0.25, 0.3) is 0 Å². The molecule has 0 bridgehead atoms. The quantitative estimate of drug-likeness (QED) is 0.597. The van der Waals surface area contributed by atoms with Gasteiger partial charge in [-0.15, -0.1) is 0 Å². The first kappa shape index (κ1) is 20.1. The normalized spacial score (nSPS) is 19.7. The summed E-state index contributed by atoms with van der Waals surface area (Å²) in [7, 11) is 0. The van der Waals surface area contributed by atoms with Gasteiger partial charge in [0.25, 0.3) is 0 Å². The Morgan fingerprint density at radius 1 is 1.42 bits per heavy atom. The van der Waals surface area contributed by atoms with E-state index in [1.54, 1.807) is 20.8 Å². The maximum atomic E-state index is 12.2. The molecular weight excluding hydrogens is 332 g/mol. The minimum absolute atomic E-state index is 0.238. The molecular formula is C17H25ClN2O4. The van der Waals surface area contributed by atoms with Crippen LogP contribution in [0.2, 0.25) is 0 Å². The standard InChI is InChI=1S/C17H25ClN2O4/c1-5-7-13(18)10-14(21)19-15(22)12-8-6-9-20(11-12)16(23)24-17(2,3)4/h5,7,10,12,21H,1,6,8-9,11H2,2-4H3,(H,19,22)/b13-7+,14-10-. The zero-order valence-electron chi connectivity index (χ0n) is 14.3. The SMILES string of the molecule is C=C/C=C(Cl)\C=C(/O)NC(=O)C1CCCN(C(=O)OC(C)(C)C)C1. The molecule has 0 saturated carbocycles. The summed E-state index contributed by atoms with van der Waals surface area (Å²) in [6.45, 7) is 9.67. The minimum Gasteiger partial charge on any atom is -0.494 e. The van der Waals surface area contributed by atoms with Crippen molar-refractivity contribution < 1.29 is 19.4 Å². The number of aliphatic hydroxyl groups is 1. The van der Waals surface area contributed by atoms with Gasteiger partial charge in [-0.3, -0.25) is 10.1 Å². The first-order valence-electron chi connectivity index (χ1n) is 7.80. The number of allylic oxidation sites excluding steroid dienone is 4. The Labute approximate surface area is 147 Å². The number of carbonyl (C=O) groups excluding carboxylic acids is 2. The summed E-state index contributed by atoms with van der Waals surface area (Å²) >= 11 is 5.80. The molecule has 1 atom stereocenters. The Kier molecular flexibility index (Phi) is 7.35. The second-order valence-corrected chi connectivity index (χ2v) is 7.01. The van der Waals surface area contributed by atoms with E-state index in [2.05, 4.69) is 11.9 Å². The highest BCUT2D eigenvalue weighted by atomic mass is 35.5. The molecule has 6 nitrogen and oxygen atoms in total. The third kappa shape index (κ3) is 7.08. The van der Waals surface area contributed by atoms with Crippen LogP contribution in [-0.4, -0.2) is 40.7 Å². The van der Waals surface area contributed by atoms with Gasteiger partial charge < -0.3 is 14.7 Å². The van der Waals surface area contributed by atoms with Crippen molar-refractivity contribution in [2.24, 2.45) is 5.92 Å². The van der Waals surface area contributed by atoms with Crippen molar-refractivity contribution in [1.29, 1.82) is 0 Å². The summed E-state index contributed by atoms with van der Waals surface area (Å²) in [5, 5.41) is 12.4. The number of nitrogens with one attached hydrogen (secondary N) is 1. The fourth-order valence-corrected chi connectivity index (χ4v) is 2.43. The molecule has 0 aromatic carbocycles. The second kappa shape index (κ2) is 8.78. The van der Waals surface area contributed by atoms with Crippen molar-refractivity contribution in [1.82, 2.24) is 10.2 Å². The summed E-state index contributed by atoms with van der Waals surface area (Å²) < 4.78 is 5.33. The maximum Gasteiger partial charge on any atom is 0.410 e. The first-order chi connectivity index (χ1) is 11.1. The van der Waals surface area contributed by atoms with Crippen LogP contribution in [0.15, 0.2) is 35.7 Å². The largest absolute Gasteiger partial charge is 0.494 e. The lowest BCUT2D eigenvalue weighted by atomic mass is 9.97. The number of carbonyl (C=O) groups is 2. The molecule has 0 aromatic heterocycles. The minimum atomic E-state index is -0.582. The molecule has 1 aliphatic rings. The van der Waals surface area contributed by atoms with Crippen LogP contribution in [-0.2, 0) is 9.53 Å². The molecule has 1 unspecified atom stereocenters. The van der Waals surface area contributed by atoms with E-state index in [1.165, 1.54) is 23.1 Å². The van der Waals surface area contributed by atoms with E-state index >= 15 is 0 Å². The molecule has 134 valence electrons. The number of piperidine rings is 1. The lowest BCUT2D eigenvalue weighted by Gasteiger charge is -2.33. The molecule has 0 aliphatic carbocycles. The average Bonchev–Trinajstić information content (AvgIpc) is 2.45. The zero-order chi connectivity index (χ0) is 18.3. The lowest BCUT2D eigenvalue weighted by molar-refractivity contribution is -0.126. The number of ether oxygens (including phenoxy) is 1. The Bertz CT molecular complexity index is 549. The van der Waals surface area contributed by atoms with Crippen molar-refractivity contribution >= 4 is 23.6 Å². The van der Waals surface area contributed by atoms with Crippen molar-refractivity contribution in [3.8, 4) is 0 Å². The smallest absolute Gasteiger partial charge is 0.410 e. The van der Waals surface area contributed by atoms with Crippen LogP contribution < -0.4 is 5.32 Å². The number of aliphatic hydroxyl groups excluding tert-OH is 1. The van der Waals surface area contributed by atoms with E-state index in [0.29, 0.717) is 19.4 Å². The van der Waals surface area contributed by atoms with Gasteiger partial charge in [0.1, 0.15) is 5.60 Å². The van der Waals surface area contributed by atoms with Gasteiger partial charge in [-0.25, -0.2) is 4.79 Å². The van der Waals surface area contributed by atoms with Crippen LogP contribution in [0.4, 0.5) is 4.79 Å². The third-order valence-corrected chi connectivity index (χ3v) is 3.48. The molecule has 1 rings (SSSR count). The molecule has 2 amide bonds. The van der Waals surface area contributed by atoms with Crippen LogP contribution in [0.1, 0.15) is 33.6 Å². The molecule has 1 fully saturated rings. The second-order valence-electron chi connectivity index (χ2n) is 6.57. The zero-order valence-corrected chi connectivity index (χ0v) is 15.1. The Morgan fingerprint density at radius 2 is 2.08 bits per heavy atom. The predicted octanol–water partition coefficient (Wildman–Crippen LogP) is 3.46. The van der Waals surface area contributed by atoms with Crippen molar-refractivity contribution in [3.63, 3.8) is 0 Å². The highest BCUT2D eigenvalue weighted by Gasteiger charge is 2.31. The number of halogens is 1. The van der Waals surface area contributed by atoms with Crippen molar-refractivity contribution in [3.05, 3.63) is 35.7 Å². The van der Waals surface area contributed by atoms with Gasteiger partial charge in [0.05, 0.1) is 5.92 Å². The fraction of sp³-hybridized carbons (Fsp3) is 0.529. The van der Waals surface area contributed by atoms with E-state index in [0.717, 1.165) is 0 Å². The van der Waals surface area contributed by atoms with Gasteiger partial charge in [0.15, 0.2) is 5.88 Å². The van der Waals surface area contributed by atoms with Gasteiger partial charge in [-0.05, 0) is 39.7 Å². The number of hydrogen-bond donors (Lipinski definition) is 2. The number of amides is 2. The molecule has 2 N–H and O–H groups in total. The van der Waals surface area contributed by atoms with Gasteiger partial charge in [0, 0.05) is 24.2 Å². The lowest BCUT2D eigenvalue weighted by Crippen LogP contribution is -2.46. The van der Waals surface area contributed by atoms with Crippen LogP contribution >= 0.6 is 11.6 Å². The Hall–Kier alpha value is -1.95. The van der Waals surface area contributed by atoms with E-state index in [1.807, 2.05) is 0 Å². The molecule has 0 spiro atoms. The van der Waals surface area contributed by atoms with E-state index in [9.17, 15) is 14.7 Å². The molecule has 0 aromatic rings. The van der Waals surface area contributed by atoms with Crippen molar-refractivity contribution in [2.75, 3.05) is 13.1 Å². The van der Waals surface area contributed by atoms with Gasteiger partial charge in [-0.2, -0.15) is 0 Å². The molecule has 24 heavy (non-hydrogen) atoms. The number of nitrogens with zero attached hydrogens (tertiary/aromatic N) is 1. The molecule has 7 heteroatoms. The Morgan fingerprint density at radius 3 is 2.67 bits per heavy atom. The van der Waals surface area contributed by atoms with E-state index in [-0.39, 0.29) is 23.4 Å². The van der Waals surface area contributed by atoms with E-state index in [4.69, 9.17) is 16.3 Å².